The van der Waals surface area contributed by atoms with E-state index in [9.17, 15) is 9.59 Å². The number of hydrogen-bond donors (Lipinski definition) is 1. The molecule has 1 saturated carbocycles. The summed E-state index contributed by atoms with van der Waals surface area (Å²) in [5.41, 5.74) is 0. The quantitative estimate of drug-likeness (QED) is 0.475. The highest BCUT2D eigenvalue weighted by atomic mass is 16.5. The number of nitrogens with zero attached hydrogens (tertiary/aromatic N) is 1. The Morgan fingerprint density at radius 2 is 2.00 bits per heavy atom. The Labute approximate surface area is 95.1 Å². The summed E-state index contributed by atoms with van der Waals surface area (Å²) < 4.78 is 4.89. The SMILES string of the molecule is COCCNCCCN1C(=O)C2CC2C1=O. The van der Waals surface area contributed by atoms with Crippen LogP contribution in [0.15, 0.2) is 0 Å². The molecule has 1 aliphatic carbocycles. The second kappa shape index (κ2) is 4.93. The predicted octanol–water partition coefficient (Wildman–Crippen LogP) is -0.383. The zero-order chi connectivity index (χ0) is 11.5. The average Bonchev–Trinajstić information content (AvgIpc) is 3.02. The summed E-state index contributed by atoms with van der Waals surface area (Å²) in [4.78, 5) is 24.6. The number of rotatable bonds is 7. The number of imide groups is 1. The fraction of sp³-hybridized carbons (Fsp3) is 0.818. The van der Waals surface area contributed by atoms with Crippen molar-refractivity contribution in [1.29, 1.82) is 0 Å². The molecule has 2 aliphatic rings. The Balaban J connectivity index is 1.60. The highest BCUT2D eigenvalue weighted by Gasteiger charge is 2.58. The molecule has 2 unspecified atom stereocenters. The van der Waals surface area contributed by atoms with Gasteiger partial charge in [0.05, 0.1) is 18.4 Å². The number of nitrogens with one attached hydrogen (secondary N) is 1. The Kier molecular flexibility index (Phi) is 3.56. The van der Waals surface area contributed by atoms with Crippen molar-refractivity contribution in [3.8, 4) is 0 Å². The van der Waals surface area contributed by atoms with Gasteiger partial charge in [0.15, 0.2) is 0 Å². The third-order valence-corrected chi connectivity index (χ3v) is 3.18. The van der Waals surface area contributed by atoms with Gasteiger partial charge in [-0.3, -0.25) is 14.5 Å². The van der Waals surface area contributed by atoms with Gasteiger partial charge in [-0.1, -0.05) is 0 Å². The van der Waals surface area contributed by atoms with Crippen LogP contribution in [0.25, 0.3) is 0 Å². The van der Waals surface area contributed by atoms with Crippen molar-refractivity contribution in [2.24, 2.45) is 11.8 Å². The molecule has 5 nitrogen and oxygen atoms in total. The van der Waals surface area contributed by atoms with Crippen molar-refractivity contribution in [3.63, 3.8) is 0 Å². The molecule has 16 heavy (non-hydrogen) atoms. The van der Waals surface area contributed by atoms with Gasteiger partial charge in [-0.15, -0.1) is 0 Å². The van der Waals surface area contributed by atoms with Crippen LogP contribution in [0.1, 0.15) is 12.8 Å². The van der Waals surface area contributed by atoms with Crippen LogP contribution in [0.2, 0.25) is 0 Å². The number of piperidine rings is 1. The molecule has 0 radical (unpaired) electrons. The van der Waals surface area contributed by atoms with Gasteiger partial charge in [-0.2, -0.15) is 0 Å². The molecule has 0 aromatic heterocycles. The average molecular weight is 226 g/mol. The number of likely N-dealkylation sites (tertiary alicyclic amines) is 1. The first kappa shape index (κ1) is 11.5. The van der Waals surface area contributed by atoms with Crippen molar-refractivity contribution in [2.75, 3.05) is 33.4 Å². The molecule has 1 heterocycles. The Morgan fingerprint density at radius 1 is 1.31 bits per heavy atom. The Bertz CT molecular complexity index is 273. The minimum absolute atomic E-state index is 0.0361. The fourth-order valence-electron chi connectivity index (χ4n) is 2.13. The van der Waals surface area contributed by atoms with Crippen LogP contribution in [0.3, 0.4) is 0 Å². The molecule has 1 saturated heterocycles. The largest absolute Gasteiger partial charge is 0.383 e. The van der Waals surface area contributed by atoms with Gasteiger partial charge in [0.2, 0.25) is 11.8 Å². The first-order valence-electron chi connectivity index (χ1n) is 5.80. The van der Waals surface area contributed by atoms with E-state index in [-0.39, 0.29) is 23.7 Å². The van der Waals surface area contributed by atoms with E-state index in [1.807, 2.05) is 0 Å². The van der Waals surface area contributed by atoms with Gasteiger partial charge in [-0.05, 0) is 19.4 Å². The Morgan fingerprint density at radius 3 is 2.62 bits per heavy atom. The number of ether oxygens (including phenoxy) is 1. The van der Waals surface area contributed by atoms with Crippen LogP contribution < -0.4 is 5.32 Å². The van der Waals surface area contributed by atoms with Crippen LogP contribution >= 0.6 is 0 Å². The summed E-state index contributed by atoms with van der Waals surface area (Å²) in [5.74, 6) is 0.168. The van der Waals surface area contributed by atoms with Crippen molar-refractivity contribution in [3.05, 3.63) is 0 Å². The topological polar surface area (TPSA) is 58.6 Å². The summed E-state index contributed by atoms with van der Waals surface area (Å²) in [5, 5.41) is 3.19. The number of amides is 2. The maximum absolute atomic E-state index is 11.6. The normalized spacial score (nSPS) is 27.4. The van der Waals surface area contributed by atoms with E-state index >= 15 is 0 Å². The molecule has 2 amide bonds. The van der Waals surface area contributed by atoms with Gasteiger partial charge < -0.3 is 10.1 Å². The van der Waals surface area contributed by atoms with E-state index in [1.165, 1.54) is 4.90 Å². The molecule has 0 aromatic carbocycles. The molecule has 1 aliphatic heterocycles. The number of carbonyl (C=O) groups excluding carboxylic acids is 2. The van der Waals surface area contributed by atoms with E-state index in [2.05, 4.69) is 5.32 Å². The number of carbonyl (C=O) groups is 2. The van der Waals surface area contributed by atoms with Gasteiger partial charge in [0.1, 0.15) is 0 Å². The molecule has 0 spiro atoms. The van der Waals surface area contributed by atoms with Crippen molar-refractivity contribution >= 4 is 11.8 Å². The van der Waals surface area contributed by atoms with E-state index in [4.69, 9.17) is 4.74 Å². The molecule has 5 heteroatoms. The lowest BCUT2D eigenvalue weighted by Crippen LogP contribution is -2.35. The highest BCUT2D eigenvalue weighted by Crippen LogP contribution is 2.46. The maximum atomic E-state index is 11.6. The number of hydrogen-bond acceptors (Lipinski definition) is 4. The summed E-state index contributed by atoms with van der Waals surface area (Å²) in [6.45, 7) is 2.87. The monoisotopic (exact) mass is 226 g/mol. The molecule has 0 bridgehead atoms. The standard InChI is InChI=1S/C11H18N2O3/c1-16-6-4-12-3-2-5-13-10(14)8-7-9(8)11(13)15/h8-9,12H,2-7H2,1H3. The first-order chi connectivity index (χ1) is 7.75. The highest BCUT2D eigenvalue weighted by molar-refractivity contribution is 6.08. The molecular weight excluding hydrogens is 208 g/mol. The van der Waals surface area contributed by atoms with Crippen LogP contribution in [-0.2, 0) is 14.3 Å². The van der Waals surface area contributed by atoms with Crippen LogP contribution in [0.5, 0.6) is 0 Å². The van der Waals surface area contributed by atoms with Crippen molar-refractivity contribution in [1.82, 2.24) is 10.2 Å². The minimum Gasteiger partial charge on any atom is -0.383 e. The summed E-state index contributed by atoms with van der Waals surface area (Å²) in [6, 6.07) is 0. The van der Waals surface area contributed by atoms with Crippen molar-refractivity contribution in [2.45, 2.75) is 12.8 Å². The minimum atomic E-state index is 0.0361. The molecule has 2 atom stereocenters. The summed E-state index contributed by atoms with van der Waals surface area (Å²) in [6.07, 6.45) is 1.61. The molecule has 1 N–H and O–H groups in total. The van der Waals surface area contributed by atoms with E-state index in [0.717, 1.165) is 25.9 Å². The number of fused-ring (bicyclic) bond motifs is 1. The lowest BCUT2D eigenvalue weighted by Gasteiger charge is -2.16. The zero-order valence-electron chi connectivity index (χ0n) is 9.57. The van der Waals surface area contributed by atoms with E-state index in [0.29, 0.717) is 13.2 Å². The lowest BCUT2D eigenvalue weighted by atomic mass is 10.3. The maximum Gasteiger partial charge on any atom is 0.233 e. The van der Waals surface area contributed by atoms with Crippen LogP contribution in [0, 0.1) is 11.8 Å². The third kappa shape index (κ3) is 2.25. The van der Waals surface area contributed by atoms with Crippen LogP contribution in [0.4, 0.5) is 0 Å². The second-order valence-corrected chi connectivity index (χ2v) is 4.37. The smallest absolute Gasteiger partial charge is 0.233 e. The molecule has 0 aromatic rings. The second-order valence-electron chi connectivity index (χ2n) is 4.37. The molecule has 90 valence electrons. The summed E-state index contributed by atoms with van der Waals surface area (Å²) in [7, 11) is 1.66. The predicted molar refractivity (Wildman–Crippen MR) is 57.7 cm³/mol. The van der Waals surface area contributed by atoms with Gasteiger partial charge in [0.25, 0.3) is 0 Å². The Hall–Kier alpha value is -0.940. The summed E-state index contributed by atoms with van der Waals surface area (Å²) >= 11 is 0. The fourth-order valence-corrected chi connectivity index (χ4v) is 2.13. The van der Waals surface area contributed by atoms with Gasteiger partial charge in [0, 0.05) is 20.2 Å². The molecule has 2 rings (SSSR count). The first-order valence-corrected chi connectivity index (χ1v) is 5.80. The van der Waals surface area contributed by atoms with Gasteiger partial charge >= 0.3 is 0 Å². The molecular formula is C11H18N2O3. The lowest BCUT2D eigenvalue weighted by molar-refractivity contribution is -0.141. The molecule has 2 fully saturated rings. The van der Waals surface area contributed by atoms with Crippen molar-refractivity contribution < 1.29 is 14.3 Å². The van der Waals surface area contributed by atoms with Crippen LogP contribution in [-0.4, -0.2) is 50.1 Å². The zero-order valence-corrected chi connectivity index (χ0v) is 9.57. The van der Waals surface area contributed by atoms with Gasteiger partial charge in [-0.25, -0.2) is 0 Å². The number of methoxy groups -OCH3 is 1. The van der Waals surface area contributed by atoms with E-state index in [1.54, 1.807) is 7.11 Å². The third-order valence-electron chi connectivity index (χ3n) is 3.18. The van der Waals surface area contributed by atoms with E-state index < -0.39 is 0 Å².